The van der Waals surface area contributed by atoms with Crippen molar-refractivity contribution in [2.45, 2.75) is 98.9 Å². The summed E-state index contributed by atoms with van der Waals surface area (Å²) < 4.78 is 5.50. The van der Waals surface area contributed by atoms with Gasteiger partial charge in [0.25, 0.3) is 5.91 Å². The Bertz CT molecular complexity index is 1200. The predicted octanol–water partition coefficient (Wildman–Crippen LogP) is 7.19. The lowest BCUT2D eigenvalue weighted by atomic mass is 9.91. The second-order valence-corrected chi connectivity index (χ2v) is 12.4. The first-order valence-electron chi connectivity index (χ1n) is 13.9. The summed E-state index contributed by atoms with van der Waals surface area (Å²) in [7, 11) is 0. The van der Waals surface area contributed by atoms with Crippen molar-refractivity contribution >= 4 is 29.7 Å². The summed E-state index contributed by atoms with van der Waals surface area (Å²) in [6, 6.07) is 11.4. The molecule has 218 valence electrons. The molecular formula is C33H47N3O4. The van der Waals surface area contributed by atoms with Gasteiger partial charge in [0.1, 0.15) is 17.7 Å². The van der Waals surface area contributed by atoms with E-state index in [1.807, 2.05) is 90.9 Å². The largest absolute Gasteiger partial charge is 0.444 e. The Hall–Kier alpha value is -3.61. The molecule has 7 heteroatoms. The van der Waals surface area contributed by atoms with E-state index < -0.39 is 29.3 Å². The third-order valence-electron chi connectivity index (χ3n) is 6.81. The molecule has 2 N–H and O–H groups in total. The summed E-state index contributed by atoms with van der Waals surface area (Å²) in [6.45, 7) is 22.6. The maximum atomic E-state index is 14.5. The fourth-order valence-corrected chi connectivity index (χ4v) is 4.59. The van der Waals surface area contributed by atoms with Crippen molar-refractivity contribution in [2.24, 2.45) is 5.92 Å². The maximum absolute atomic E-state index is 14.5. The van der Waals surface area contributed by atoms with Crippen LogP contribution in [0.3, 0.4) is 0 Å². The Kier molecular flexibility index (Phi) is 10.7. The Morgan fingerprint density at radius 1 is 1.00 bits per heavy atom. The maximum Gasteiger partial charge on any atom is 0.408 e. The molecule has 2 aromatic carbocycles. The highest BCUT2D eigenvalue weighted by molar-refractivity contribution is 6.00. The van der Waals surface area contributed by atoms with Gasteiger partial charge in [0, 0.05) is 11.2 Å². The van der Waals surface area contributed by atoms with Crippen LogP contribution in [0.1, 0.15) is 90.1 Å². The van der Waals surface area contributed by atoms with Crippen molar-refractivity contribution in [3.8, 4) is 0 Å². The van der Waals surface area contributed by atoms with Crippen molar-refractivity contribution in [3.63, 3.8) is 0 Å². The average Bonchev–Trinajstić information content (AvgIpc) is 2.85. The number of alkyl carbamates (subject to hydrolysis) is 1. The highest BCUT2D eigenvalue weighted by atomic mass is 16.6. The summed E-state index contributed by atoms with van der Waals surface area (Å²) in [6.07, 6.45) is 1.67. The molecule has 0 aromatic heterocycles. The average molecular weight is 550 g/mol. The van der Waals surface area contributed by atoms with E-state index in [-0.39, 0.29) is 17.7 Å². The van der Waals surface area contributed by atoms with Crippen LogP contribution in [0.4, 0.5) is 10.5 Å². The molecule has 7 nitrogen and oxygen atoms in total. The van der Waals surface area contributed by atoms with Gasteiger partial charge in [-0.1, -0.05) is 69.3 Å². The fraction of sp³-hybridized carbons (Fsp3) is 0.485. The number of para-hydroxylation sites is 1. The standard InChI is InChI=1S/C33H47N3O4/c1-12-21(3)27(35-31(39)40-33(9,10)11)30(38)36(32(6,7)8)28(25-19-15-18-24(13-2)20-25)29(37)34-26-22(4)16-14-17-23(26)5/h13-21,27-28H,2,12H2,1,3-11H3,(H,34,37)(H,35,39). The number of hydrogen-bond donors (Lipinski definition) is 2. The van der Waals surface area contributed by atoms with Gasteiger partial charge in [-0.25, -0.2) is 4.79 Å². The van der Waals surface area contributed by atoms with Gasteiger partial charge >= 0.3 is 6.09 Å². The van der Waals surface area contributed by atoms with E-state index in [0.29, 0.717) is 17.7 Å². The minimum Gasteiger partial charge on any atom is -0.444 e. The topological polar surface area (TPSA) is 87.7 Å². The molecule has 0 fully saturated rings. The van der Waals surface area contributed by atoms with E-state index in [0.717, 1.165) is 16.7 Å². The van der Waals surface area contributed by atoms with Crippen LogP contribution in [0.5, 0.6) is 0 Å². The molecule has 0 bridgehead atoms. The Balaban J connectivity index is 2.69. The zero-order valence-electron chi connectivity index (χ0n) is 25.8. The van der Waals surface area contributed by atoms with Crippen LogP contribution in [0.15, 0.2) is 49.0 Å². The summed E-state index contributed by atoms with van der Waals surface area (Å²) in [4.78, 5) is 43.2. The fourth-order valence-electron chi connectivity index (χ4n) is 4.59. The first-order valence-corrected chi connectivity index (χ1v) is 13.9. The molecule has 40 heavy (non-hydrogen) atoms. The first kappa shape index (κ1) is 32.6. The molecule has 2 rings (SSSR count). The van der Waals surface area contributed by atoms with Gasteiger partial charge < -0.3 is 20.3 Å². The van der Waals surface area contributed by atoms with Crippen molar-refractivity contribution < 1.29 is 19.1 Å². The number of rotatable bonds is 9. The van der Waals surface area contributed by atoms with Crippen LogP contribution in [-0.4, -0.2) is 40.0 Å². The van der Waals surface area contributed by atoms with E-state index in [1.165, 1.54) is 0 Å². The van der Waals surface area contributed by atoms with Crippen LogP contribution in [0.2, 0.25) is 0 Å². The molecule has 0 saturated carbocycles. The van der Waals surface area contributed by atoms with Gasteiger partial charge in [0.05, 0.1) is 0 Å². The second kappa shape index (κ2) is 13.2. The molecular weight excluding hydrogens is 502 g/mol. The minimum absolute atomic E-state index is 0.216. The Morgan fingerprint density at radius 2 is 1.57 bits per heavy atom. The number of nitrogens with one attached hydrogen (secondary N) is 2. The van der Waals surface area contributed by atoms with E-state index in [2.05, 4.69) is 17.2 Å². The highest BCUT2D eigenvalue weighted by Gasteiger charge is 2.43. The number of nitrogens with zero attached hydrogens (tertiary/aromatic N) is 1. The van der Waals surface area contributed by atoms with Crippen LogP contribution >= 0.6 is 0 Å². The monoisotopic (exact) mass is 549 g/mol. The second-order valence-electron chi connectivity index (χ2n) is 12.4. The third-order valence-corrected chi connectivity index (χ3v) is 6.81. The van der Waals surface area contributed by atoms with Crippen LogP contribution in [0, 0.1) is 19.8 Å². The molecule has 2 aromatic rings. The van der Waals surface area contributed by atoms with Crippen molar-refractivity contribution in [3.05, 3.63) is 71.3 Å². The number of hydrogen-bond acceptors (Lipinski definition) is 4. The number of anilines is 1. The molecule has 3 atom stereocenters. The molecule has 0 spiro atoms. The predicted molar refractivity (Wildman–Crippen MR) is 163 cm³/mol. The summed E-state index contributed by atoms with van der Waals surface area (Å²) in [5.41, 5.74) is 2.51. The Morgan fingerprint density at radius 3 is 2.08 bits per heavy atom. The van der Waals surface area contributed by atoms with Gasteiger partial charge in [-0.3, -0.25) is 9.59 Å². The van der Waals surface area contributed by atoms with Gasteiger partial charge in [-0.15, -0.1) is 0 Å². The zero-order chi connectivity index (χ0) is 30.4. The lowest BCUT2D eigenvalue weighted by Gasteiger charge is -2.44. The minimum atomic E-state index is -0.988. The van der Waals surface area contributed by atoms with E-state index in [1.54, 1.807) is 31.7 Å². The molecule has 0 aliphatic rings. The molecule has 0 heterocycles. The van der Waals surface area contributed by atoms with Gasteiger partial charge in [0.15, 0.2) is 0 Å². The summed E-state index contributed by atoms with van der Waals surface area (Å²) >= 11 is 0. The number of carbonyl (C=O) groups excluding carboxylic acids is 3. The van der Waals surface area contributed by atoms with Gasteiger partial charge in [0.2, 0.25) is 5.91 Å². The molecule has 3 unspecified atom stereocenters. The highest BCUT2D eigenvalue weighted by Crippen LogP contribution is 2.33. The molecule has 3 amide bonds. The van der Waals surface area contributed by atoms with Gasteiger partial charge in [-0.2, -0.15) is 0 Å². The lowest BCUT2D eigenvalue weighted by molar-refractivity contribution is -0.147. The number of benzene rings is 2. The molecule has 0 saturated heterocycles. The number of ether oxygens (including phenoxy) is 1. The van der Waals surface area contributed by atoms with Gasteiger partial charge in [-0.05, 0) is 89.6 Å². The molecule has 0 aliphatic heterocycles. The van der Waals surface area contributed by atoms with E-state index in [4.69, 9.17) is 4.74 Å². The number of aryl methyl sites for hydroxylation is 2. The summed E-state index contributed by atoms with van der Waals surface area (Å²) in [5.74, 6) is -0.924. The normalized spacial score (nSPS) is 13.9. The third kappa shape index (κ3) is 8.44. The van der Waals surface area contributed by atoms with Crippen molar-refractivity contribution in [1.82, 2.24) is 10.2 Å². The van der Waals surface area contributed by atoms with Crippen LogP contribution in [0.25, 0.3) is 6.08 Å². The smallest absolute Gasteiger partial charge is 0.408 e. The SMILES string of the molecule is C=Cc1cccc(C(C(=O)Nc2c(C)cccc2C)N(C(=O)C(NC(=O)OC(C)(C)C)C(C)CC)C(C)(C)C)c1. The van der Waals surface area contributed by atoms with Crippen LogP contribution < -0.4 is 10.6 Å². The van der Waals surface area contributed by atoms with Crippen molar-refractivity contribution in [2.75, 3.05) is 5.32 Å². The summed E-state index contributed by atoms with van der Waals surface area (Å²) in [5, 5.41) is 5.92. The molecule has 0 aliphatic carbocycles. The quantitative estimate of drug-likeness (QED) is 0.346. The Labute approximate surface area is 240 Å². The molecule has 0 radical (unpaired) electrons. The van der Waals surface area contributed by atoms with E-state index >= 15 is 0 Å². The van der Waals surface area contributed by atoms with E-state index in [9.17, 15) is 14.4 Å². The van der Waals surface area contributed by atoms with Crippen LogP contribution in [-0.2, 0) is 14.3 Å². The first-order chi connectivity index (χ1) is 18.5. The number of carbonyl (C=O) groups is 3. The number of amides is 3. The zero-order valence-corrected chi connectivity index (χ0v) is 25.8. The lowest BCUT2D eigenvalue weighted by Crippen LogP contribution is -2.59. The van der Waals surface area contributed by atoms with Crippen molar-refractivity contribution in [1.29, 1.82) is 0 Å².